The highest BCUT2D eigenvalue weighted by atomic mass is 16.5. The van der Waals surface area contributed by atoms with Crippen LogP contribution in [0.25, 0.3) is 0 Å². The van der Waals surface area contributed by atoms with Crippen molar-refractivity contribution in [2.45, 2.75) is 13.0 Å². The van der Waals surface area contributed by atoms with E-state index in [2.05, 4.69) is 15.6 Å². The number of aromatic nitrogens is 1. The van der Waals surface area contributed by atoms with E-state index in [0.717, 1.165) is 16.9 Å². The Hall–Kier alpha value is -3.54. The lowest BCUT2D eigenvalue weighted by molar-refractivity contribution is 0.0935. The number of methoxy groups -OCH3 is 2. The number of benzene rings is 2. The van der Waals surface area contributed by atoms with Crippen LogP contribution in [-0.2, 0) is 0 Å². The van der Waals surface area contributed by atoms with Crippen molar-refractivity contribution in [1.82, 2.24) is 10.3 Å². The van der Waals surface area contributed by atoms with Crippen LogP contribution < -0.4 is 20.1 Å². The smallest absolute Gasteiger partial charge is 0.270 e. The minimum atomic E-state index is -0.238. The minimum Gasteiger partial charge on any atom is -0.497 e. The first-order valence-corrected chi connectivity index (χ1v) is 8.91. The Bertz CT molecular complexity index is 945. The van der Waals surface area contributed by atoms with Crippen molar-refractivity contribution >= 4 is 17.3 Å². The number of rotatable bonds is 7. The molecular weight excluding hydrogens is 354 g/mol. The molecule has 0 radical (unpaired) electrons. The summed E-state index contributed by atoms with van der Waals surface area (Å²) >= 11 is 0. The Morgan fingerprint density at radius 3 is 2.50 bits per heavy atom. The highest BCUT2D eigenvalue weighted by Crippen LogP contribution is 2.31. The lowest BCUT2D eigenvalue weighted by Gasteiger charge is -2.15. The average molecular weight is 377 g/mol. The summed E-state index contributed by atoms with van der Waals surface area (Å²) in [6.45, 7) is 1.94. The van der Waals surface area contributed by atoms with Gasteiger partial charge < -0.3 is 20.1 Å². The molecule has 1 atom stereocenters. The summed E-state index contributed by atoms with van der Waals surface area (Å²) in [6.07, 6.45) is 1.59. The Morgan fingerprint density at radius 1 is 1.00 bits per heavy atom. The van der Waals surface area contributed by atoms with Crippen molar-refractivity contribution in [3.8, 4) is 11.5 Å². The van der Waals surface area contributed by atoms with Crippen molar-refractivity contribution in [1.29, 1.82) is 0 Å². The van der Waals surface area contributed by atoms with Crippen LogP contribution in [0.1, 0.15) is 29.0 Å². The number of pyridine rings is 1. The molecule has 2 N–H and O–H groups in total. The molecule has 3 rings (SSSR count). The van der Waals surface area contributed by atoms with Crippen molar-refractivity contribution < 1.29 is 14.3 Å². The zero-order chi connectivity index (χ0) is 19.9. The van der Waals surface area contributed by atoms with E-state index in [1.807, 2.05) is 55.5 Å². The molecule has 2 aromatic carbocycles. The third-order valence-electron chi connectivity index (χ3n) is 4.33. The first-order valence-electron chi connectivity index (χ1n) is 8.91. The molecule has 3 aromatic rings. The number of hydrogen-bond donors (Lipinski definition) is 2. The van der Waals surface area contributed by atoms with Crippen LogP contribution in [0.4, 0.5) is 11.4 Å². The summed E-state index contributed by atoms with van der Waals surface area (Å²) in [5.41, 5.74) is 2.82. The molecule has 0 spiro atoms. The first-order chi connectivity index (χ1) is 13.6. The zero-order valence-corrected chi connectivity index (χ0v) is 16.1. The normalized spacial score (nSPS) is 11.4. The number of amides is 1. The first kappa shape index (κ1) is 19.2. The summed E-state index contributed by atoms with van der Waals surface area (Å²) in [5, 5.41) is 6.22. The van der Waals surface area contributed by atoms with Crippen LogP contribution in [0.3, 0.4) is 0 Å². The van der Waals surface area contributed by atoms with Gasteiger partial charge in [0.1, 0.15) is 17.2 Å². The highest BCUT2D eigenvalue weighted by molar-refractivity contribution is 5.93. The molecule has 0 saturated carbocycles. The quantitative estimate of drug-likeness (QED) is 0.641. The topological polar surface area (TPSA) is 72.5 Å². The van der Waals surface area contributed by atoms with E-state index < -0.39 is 0 Å². The lowest BCUT2D eigenvalue weighted by atomic mass is 10.1. The molecule has 1 aromatic heterocycles. The maximum atomic E-state index is 12.6. The van der Waals surface area contributed by atoms with Crippen molar-refractivity contribution in [2.75, 3.05) is 19.5 Å². The van der Waals surface area contributed by atoms with Crippen LogP contribution in [-0.4, -0.2) is 25.1 Å². The van der Waals surface area contributed by atoms with Gasteiger partial charge in [0.25, 0.3) is 5.91 Å². The molecule has 28 heavy (non-hydrogen) atoms. The van der Waals surface area contributed by atoms with Gasteiger partial charge in [0.05, 0.1) is 25.9 Å². The van der Waals surface area contributed by atoms with E-state index in [-0.39, 0.29) is 11.9 Å². The fourth-order valence-corrected chi connectivity index (χ4v) is 2.80. The van der Waals surface area contributed by atoms with Gasteiger partial charge in [0.15, 0.2) is 0 Å². The van der Waals surface area contributed by atoms with Crippen LogP contribution in [0, 0.1) is 0 Å². The number of carbonyl (C=O) groups is 1. The summed E-state index contributed by atoms with van der Waals surface area (Å²) < 4.78 is 10.7. The summed E-state index contributed by atoms with van der Waals surface area (Å²) in [6, 6.07) is 18.6. The molecule has 1 amide bonds. The molecule has 0 aliphatic heterocycles. The van der Waals surface area contributed by atoms with Gasteiger partial charge in [-0.15, -0.1) is 0 Å². The molecule has 1 unspecified atom stereocenters. The van der Waals surface area contributed by atoms with Gasteiger partial charge in [-0.05, 0) is 36.8 Å². The maximum Gasteiger partial charge on any atom is 0.270 e. The second kappa shape index (κ2) is 8.90. The molecule has 144 valence electrons. The monoisotopic (exact) mass is 377 g/mol. The van der Waals surface area contributed by atoms with Gasteiger partial charge in [0, 0.05) is 18.0 Å². The van der Waals surface area contributed by atoms with Gasteiger partial charge >= 0.3 is 0 Å². The second-order valence-electron chi connectivity index (χ2n) is 6.23. The molecule has 0 fully saturated rings. The van der Waals surface area contributed by atoms with E-state index in [9.17, 15) is 4.79 Å². The van der Waals surface area contributed by atoms with Gasteiger partial charge in [0.2, 0.25) is 0 Å². The standard InChI is InChI=1S/C22H23N3O3/c1-15(16-7-5-4-6-8-16)24-22(26)20-13-17(11-12-23-20)25-19-14-18(27-2)9-10-21(19)28-3/h4-15H,1-3H3,(H,23,25)(H,24,26). The van der Waals surface area contributed by atoms with Crippen molar-refractivity contribution in [3.05, 3.63) is 78.1 Å². The number of nitrogens with one attached hydrogen (secondary N) is 2. The predicted molar refractivity (Wildman–Crippen MR) is 109 cm³/mol. The average Bonchev–Trinajstić information content (AvgIpc) is 2.74. The molecular formula is C22H23N3O3. The molecule has 0 saturated heterocycles. The predicted octanol–water partition coefficient (Wildman–Crippen LogP) is 4.33. The number of nitrogens with zero attached hydrogens (tertiary/aromatic N) is 1. The Balaban J connectivity index is 1.76. The van der Waals surface area contributed by atoms with Crippen molar-refractivity contribution in [3.63, 3.8) is 0 Å². The van der Waals surface area contributed by atoms with Crippen LogP contribution in [0.2, 0.25) is 0 Å². The summed E-state index contributed by atoms with van der Waals surface area (Å²) in [7, 11) is 3.21. The van der Waals surface area contributed by atoms with Gasteiger partial charge in [-0.3, -0.25) is 9.78 Å². The van der Waals surface area contributed by atoms with E-state index in [1.54, 1.807) is 32.5 Å². The second-order valence-corrected chi connectivity index (χ2v) is 6.23. The van der Waals surface area contributed by atoms with Gasteiger partial charge in [-0.2, -0.15) is 0 Å². The van der Waals surface area contributed by atoms with Crippen LogP contribution >= 0.6 is 0 Å². The number of hydrogen-bond acceptors (Lipinski definition) is 5. The SMILES string of the molecule is COc1ccc(OC)c(Nc2ccnc(C(=O)NC(C)c3ccccc3)c2)c1. The number of carbonyl (C=O) groups excluding carboxylic acids is 1. The maximum absolute atomic E-state index is 12.6. The zero-order valence-electron chi connectivity index (χ0n) is 16.1. The summed E-state index contributed by atoms with van der Waals surface area (Å²) in [5.74, 6) is 1.13. The van der Waals surface area contributed by atoms with Gasteiger partial charge in [-0.25, -0.2) is 0 Å². The third-order valence-corrected chi connectivity index (χ3v) is 4.33. The summed E-state index contributed by atoms with van der Waals surface area (Å²) in [4.78, 5) is 16.8. The molecule has 1 heterocycles. The Kier molecular flexibility index (Phi) is 6.11. The molecule has 6 nitrogen and oxygen atoms in total. The minimum absolute atomic E-state index is 0.120. The van der Waals surface area contributed by atoms with E-state index in [4.69, 9.17) is 9.47 Å². The van der Waals surface area contributed by atoms with Gasteiger partial charge in [-0.1, -0.05) is 30.3 Å². The fourth-order valence-electron chi connectivity index (χ4n) is 2.80. The molecule has 0 aliphatic rings. The van der Waals surface area contributed by atoms with E-state index in [1.165, 1.54) is 0 Å². The number of anilines is 2. The van der Waals surface area contributed by atoms with E-state index >= 15 is 0 Å². The largest absolute Gasteiger partial charge is 0.497 e. The van der Waals surface area contributed by atoms with Crippen LogP contribution in [0.5, 0.6) is 11.5 Å². The Morgan fingerprint density at radius 2 is 1.79 bits per heavy atom. The van der Waals surface area contributed by atoms with Crippen LogP contribution in [0.15, 0.2) is 66.9 Å². The third kappa shape index (κ3) is 4.59. The fraction of sp³-hybridized carbons (Fsp3) is 0.182. The number of ether oxygens (including phenoxy) is 2. The van der Waals surface area contributed by atoms with E-state index in [0.29, 0.717) is 17.2 Å². The molecule has 0 bridgehead atoms. The highest BCUT2D eigenvalue weighted by Gasteiger charge is 2.13. The molecule has 0 aliphatic carbocycles. The van der Waals surface area contributed by atoms with Crippen molar-refractivity contribution in [2.24, 2.45) is 0 Å². The molecule has 6 heteroatoms. The lowest BCUT2D eigenvalue weighted by Crippen LogP contribution is -2.27. The Labute approximate surface area is 164 Å².